The lowest BCUT2D eigenvalue weighted by Crippen LogP contribution is -1.96. The number of hydrogen-bond acceptors (Lipinski definition) is 1. The van der Waals surface area contributed by atoms with Crippen molar-refractivity contribution in [3.63, 3.8) is 0 Å². The van der Waals surface area contributed by atoms with E-state index in [-0.39, 0.29) is 10.9 Å². The van der Waals surface area contributed by atoms with Crippen molar-refractivity contribution in [3.8, 4) is 22.3 Å². The second-order valence-corrected chi connectivity index (χ2v) is 9.64. The highest BCUT2D eigenvalue weighted by Gasteiger charge is 2.19. The highest BCUT2D eigenvalue weighted by molar-refractivity contribution is 6.19. The molecule has 1 heteroatoms. The lowest BCUT2D eigenvalue weighted by Gasteiger charge is -2.19. The maximum absolute atomic E-state index is 9.39. The summed E-state index contributed by atoms with van der Waals surface area (Å²) in [7, 11) is 0. The largest absolute Gasteiger partial charge is 0.456 e. The minimum absolute atomic E-state index is 0.368. The molecule has 8 aromatic carbocycles. The van der Waals surface area contributed by atoms with Crippen LogP contribution in [-0.2, 0) is 6.42 Å². The summed E-state index contributed by atoms with van der Waals surface area (Å²) < 4.78 is 236. The third-order valence-electron chi connectivity index (χ3n) is 7.30. The molecular weight excluding hydrogens is 532 g/mol. The van der Waals surface area contributed by atoms with Crippen LogP contribution in [0.5, 0.6) is 0 Å². The Morgan fingerprint density at radius 2 is 1.09 bits per heavy atom. The number of fused-ring (bicyclic) bond motifs is 6. The number of hydrogen-bond donors (Lipinski definition) is 0. The van der Waals surface area contributed by atoms with Gasteiger partial charge in [0, 0.05) is 10.8 Å². The Bertz CT molecular complexity index is 3870. The van der Waals surface area contributed by atoms with Gasteiger partial charge in [0.05, 0.1) is 35.6 Å². The Morgan fingerprint density at radius 1 is 0.455 bits per heavy atom. The molecular formula is C43H28O. The van der Waals surface area contributed by atoms with Gasteiger partial charge in [-0.2, -0.15) is 0 Å². The molecule has 0 fully saturated rings. The molecule has 0 amide bonds. The summed E-state index contributed by atoms with van der Waals surface area (Å²) in [6, 6.07) is -22.0. The molecule has 0 atom stereocenters. The molecule has 0 radical (unpaired) electrons. The second kappa shape index (κ2) is 9.97. The van der Waals surface area contributed by atoms with E-state index in [0.29, 0.717) is 0 Å². The van der Waals surface area contributed by atoms with Crippen LogP contribution in [0, 0.1) is 0 Å². The van der Waals surface area contributed by atoms with Crippen molar-refractivity contribution in [2.45, 2.75) is 6.42 Å². The Morgan fingerprint density at radius 3 is 1.86 bits per heavy atom. The molecule has 0 bridgehead atoms. The van der Waals surface area contributed by atoms with Gasteiger partial charge < -0.3 is 4.42 Å². The van der Waals surface area contributed by atoms with Gasteiger partial charge in [-0.3, -0.25) is 0 Å². The van der Waals surface area contributed by atoms with Crippen molar-refractivity contribution in [2.24, 2.45) is 0 Å². The topological polar surface area (TPSA) is 13.1 Å². The molecule has 0 aliphatic heterocycles. The summed E-state index contributed by atoms with van der Waals surface area (Å²) in [6.07, 6.45) is -0.859. The highest BCUT2D eigenvalue weighted by Crippen LogP contribution is 2.43. The first-order valence-electron chi connectivity index (χ1n) is 26.1. The first-order chi connectivity index (χ1) is 32.6. The lowest BCUT2D eigenvalue weighted by atomic mass is 9.84. The number of furan rings is 1. The van der Waals surface area contributed by atoms with Crippen LogP contribution in [0.2, 0.25) is 0 Å². The van der Waals surface area contributed by atoms with Crippen LogP contribution < -0.4 is 0 Å². The zero-order valence-corrected chi connectivity index (χ0v) is 22.1. The van der Waals surface area contributed by atoms with E-state index in [0.717, 1.165) is 0 Å². The van der Waals surface area contributed by atoms with Gasteiger partial charge in [-0.1, -0.05) is 139 Å². The summed E-state index contributed by atoms with van der Waals surface area (Å²) in [5, 5.41) is -4.22. The maximum Gasteiger partial charge on any atom is 0.136 e. The van der Waals surface area contributed by atoms with E-state index in [9.17, 15) is 11.0 Å². The minimum atomic E-state index is -0.915. The fraction of sp³-hybridized carbons (Fsp3) is 0.0233. The zero-order valence-electron chi connectivity index (χ0n) is 48.1. The molecule has 9 rings (SSSR count). The summed E-state index contributed by atoms with van der Waals surface area (Å²) in [4.78, 5) is 0. The van der Waals surface area contributed by atoms with E-state index in [2.05, 4.69) is 0 Å². The Hall–Kier alpha value is -5.66. The van der Waals surface area contributed by atoms with Crippen molar-refractivity contribution in [1.29, 1.82) is 0 Å². The van der Waals surface area contributed by atoms with Crippen molar-refractivity contribution >= 4 is 54.3 Å². The first-order valence-corrected chi connectivity index (χ1v) is 13.1. The minimum Gasteiger partial charge on any atom is -0.456 e. The van der Waals surface area contributed by atoms with Crippen LogP contribution in [0.3, 0.4) is 0 Å². The smallest absolute Gasteiger partial charge is 0.136 e. The van der Waals surface area contributed by atoms with Gasteiger partial charge >= 0.3 is 0 Å². The fourth-order valence-electron chi connectivity index (χ4n) is 5.45. The normalized spacial score (nSPS) is 20.0. The maximum atomic E-state index is 9.39. The van der Waals surface area contributed by atoms with Gasteiger partial charge in [0.15, 0.2) is 0 Å². The van der Waals surface area contributed by atoms with Gasteiger partial charge in [-0.05, 0) is 90.2 Å². The van der Waals surface area contributed by atoms with Crippen molar-refractivity contribution in [1.82, 2.24) is 0 Å². The molecule has 44 heavy (non-hydrogen) atoms. The summed E-state index contributed by atoms with van der Waals surface area (Å²) >= 11 is 0. The van der Waals surface area contributed by atoms with Gasteiger partial charge in [0.25, 0.3) is 0 Å². The Balaban J connectivity index is 1.53. The summed E-state index contributed by atoms with van der Waals surface area (Å²) in [5.74, 6) is 0. The molecule has 1 nitrogen and oxygen atoms in total. The Kier molecular flexibility index (Phi) is 2.31. The zero-order chi connectivity index (χ0) is 51.7. The molecule has 0 saturated heterocycles. The monoisotopic (exact) mass is 586 g/mol. The molecule has 0 aliphatic carbocycles. The second-order valence-electron chi connectivity index (χ2n) is 9.64. The number of rotatable bonds is 4. The highest BCUT2D eigenvalue weighted by atomic mass is 16.3. The van der Waals surface area contributed by atoms with Crippen LogP contribution in [0.25, 0.3) is 76.5 Å². The van der Waals surface area contributed by atoms with E-state index in [1.54, 1.807) is 0 Å². The molecule has 0 aliphatic rings. The summed E-state index contributed by atoms with van der Waals surface area (Å²) in [6.45, 7) is 0. The average molecular weight is 587 g/mol. The van der Waals surface area contributed by atoms with Gasteiger partial charge in [0.1, 0.15) is 11.2 Å². The van der Waals surface area contributed by atoms with Crippen LogP contribution in [0.4, 0.5) is 0 Å². The molecule has 0 N–H and O–H groups in total. The van der Waals surface area contributed by atoms with E-state index < -0.39 is 240 Å². The molecule has 0 unspecified atom stereocenters. The number of benzene rings is 8. The molecule has 9 aromatic rings. The van der Waals surface area contributed by atoms with E-state index >= 15 is 0 Å². The van der Waals surface area contributed by atoms with Crippen LogP contribution >= 0.6 is 0 Å². The standard InChI is InChI=1S/C43H28O/c1-2-12-28(13-3-1)30-24-25-38-41(27-30)44-40-23-11-16-31(42(38)40)26-39-33-18-6-8-20-36(33)43(37-21-9-7-19-34(37)39)35-22-10-15-29-14-4-5-17-32(29)35/h1-25,27H,26H2/i1D,2D,3D,4D,5D,6D,7D,8D,9D,10D,11D,12D,13D,14D,15D,16D,17D,18D,19D,20D,21D,22D,23D,24D,25D,27D. The Labute approximate surface area is 292 Å². The quantitative estimate of drug-likeness (QED) is 0.187. The van der Waals surface area contributed by atoms with Gasteiger partial charge in [-0.25, -0.2) is 0 Å². The van der Waals surface area contributed by atoms with Gasteiger partial charge in [0.2, 0.25) is 0 Å². The SMILES string of the molecule is [2H]c1c([2H])c([2H])c(-c2c([2H])c([2H])c3c(oc4c([2H])c([2H])c([2H])c(Cc5c6c([2H])c([2H])c([2H])c([2H])c6c(-c6c([2H])c([2H])c([2H])c7c([2H])c([2H])c([2H])c([2H])c67)c6c([2H])c([2H])c([2H])c([2H])c56)c43)c2[2H])c([2H])c1[2H]. The predicted octanol–water partition coefficient (Wildman–Crippen LogP) is 12.0. The van der Waals surface area contributed by atoms with Gasteiger partial charge in [-0.15, -0.1) is 0 Å². The van der Waals surface area contributed by atoms with Crippen LogP contribution in [0.15, 0.2) is 162 Å². The van der Waals surface area contributed by atoms with E-state index in [1.165, 1.54) is 0 Å². The van der Waals surface area contributed by atoms with Crippen molar-refractivity contribution in [3.05, 3.63) is 168 Å². The van der Waals surface area contributed by atoms with Crippen LogP contribution in [-0.4, -0.2) is 0 Å². The molecule has 1 aromatic heterocycles. The van der Waals surface area contributed by atoms with E-state index in [4.69, 9.17) is 29.1 Å². The third kappa shape index (κ3) is 3.87. The average Bonchev–Trinajstić information content (AvgIpc) is 3.74. The van der Waals surface area contributed by atoms with Crippen LogP contribution in [0.1, 0.15) is 46.8 Å². The van der Waals surface area contributed by atoms with Crippen molar-refractivity contribution < 1.29 is 40.1 Å². The third-order valence-corrected chi connectivity index (χ3v) is 7.30. The molecule has 1 heterocycles. The molecule has 206 valence electrons. The lowest BCUT2D eigenvalue weighted by molar-refractivity contribution is 0.669. The predicted molar refractivity (Wildman–Crippen MR) is 186 cm³/mol. The summed E-state index contributed by atoms with van der Waals surface area (Å²) in [5.41, 5.74) is -4.42. The fourth-order valence-corrected chi connectivity index (χ4v) is 5.45. The molecule has 0 saturated carbocycles. The van der Waals surface area contributed by atoms with E-state index in [1.807, 2.05) is 0 Å². The molecule has 0 spiro atoms. The first kappa shape index (κ1) is 10.2. The van der Waals surface area contributed by atoms with Crippen molar-refractivity contribution in [2.75, 3.05) is 0 Å².